The van der Waals surface area contributed by atoms with Gasteiger partial charge in [0.05, 0.1) is 7.11 Å². The topological polar surface area (TPSA) is 9.23 Å². The number of para-hydroxylation sites is 1. The Morgan fingerprint density at radius 2 is 1.17 bits per heavy atom. The second-order valence-corrected chi connectivity index (χ2v) is 6.99. The summed E-state index contributed by atoms with van der Waals surface area (Å²) in [5.41, 5.74) is 0. The highest BCUT2D eigenvalue weighted by molar-refractivity contribution is 7.97. The molecule has 3 aromatic rings. The van der Waals surface area contributed by atoms with Crippen LogP contribution < -0.4 is 4.74 Å². The number of allylic oxidation sites excluding steroid dienone is 1. The number of hydrogen-bond acceptors (Lipinski definition) is 1. The largest absolute Gasteiger partial charge is 0.491 e. The summed E-state index contributed by atoms with van der Waals surface area (Å²) in [5.74, 6) is 0.938. The van der Waals surface area contributed by atoms with Crippen LogP contribution in [0.15, 0.2) is 112 Å². The Morgan fingerprint density at radius 3 is 1.62 bits per heavy atom. The third-order valence-corrected chi connectivity index (χ3v) is 5.51. The van der Waals surface area contributed by atoms with Crippen molar-refractivity contribution in [2.75, 3.05) is 7.11 Å². The van der Waals surface area contributed by atoms with Crippen LogP contribution in [0.2, 0.25) is 0 Å². The minimum Gasteiger partial charge on any atom is -0.491 e. The maximum Gasteiger partial charge on any atom is 0.208 e. The maximum atomic E-state index is 5.58. The van der Waals surface area contributed by atoms with Gasteiger partial charge in [-0.3, -0.25) is 0 Å². The highest BCUT2D eigenvalue weighted by Crippen LogP contribution is 2.36. The molecule has 0 fully saturated rings. The van der Waals surface area contributed by atoms with Crippen molar-refractivity contribution in [3.63, 3.8) is 0 Å². The Hall–Kier alpha value is -2.45. The van der Waals surface area contributed by atoms with E-state index in [4.69, 9.17) is 4.74 Å². The van der Waals surface area contributed by atoms with Crippen LogP contribution in [-0.2, 0) is 10.9 Å². The molecule has 0 atom stereocenters. The smallest absolute Gasteiger partial charge is 0.208 e. The van der Waals surface area contributed by atoms with E-state index >= 15 is 0 Å². The summed E-state index contributed by atoms with van der Waals surface area (Å²) < 4.78 is 5.58. The van der Waals surface area contributed by atoms with Gasteiger partial charge in [0, 0.05) is 0 Å². The molecule has 0 amide bonds. The predicted molar refractivity (Wildman–Crippen MR) is 104 cm³/mol. The van der Waals surface area contributed by atoms with Crippen LogP contribution in [0.1, 0.15) is 6.92 Å². The van der Waals surface area contributed by atoms with Gasteiger partial charge in [-0.2, -0.15) is 0 Å². The normalized spacial score (nSPS) is 9.79. The van der Waals surface area contributed by atoms with E-state index in [1.54, 1.807) is 13.2 Å². The summed E-state index contributed by atoms with van der Waals surface area (Å²) in [4.78, 5) is 3.82. The molecule has 0 aliphatic heterocycles. The molecule has 1 nitrogen and oxygen atoms in total. The molecule has 0 heterocycles. The summed E-state index contributed by atoms with van der Waals surface area (Å²) in [5, 5.41) is 0. The molecule has 0 saturated heterocycles. The Balaban J connectivity index is 0.000000647. The van der Waals surface area contributed by atoms with E-state index in [0.717, 1.165) is 5.75 Å². The highest BCUT2D eigenvalue weighted by Gasteiger charge is 2.31. The molecule has 0 aliphatic rings. The maximum absolute atomic E-state index is 5.58. The fourth-order valence-electron chi connectivity index (χ4n) is 2.29. The Bertz CT molecular complexity index is 699. The first-order chi connectivity index (χ1) is 11.8. The van der Waals surface area contributed by atoms with Crippen molar-refractivity contribution in [1.29, 1.82) is 0 Å². The van der Waals surface area contributed by atoms with Crippen molar-refractivity contribution in [2.45, 2.75) is 21.6 Å². The second kappa shape index (κ2) is 9.64. The lowest BCUT2D eigenvalue weighted by molar-refractivity contribution is 0.404. The fraction of sp³-hybridized carbons (Fsp3) is 0.0909. The number of rotatable bonds is 4. The van der Waals surface area contributed by atoms with Gasteiger partial charge in [0.15, 0.2) is 15.5 Å². The first-order valence-electron chi connectivity index (χ1n) is 7.86. The van der Waals surface area contributed by atoms with Crippen molar-refractivity contribution in [1.82, 2.24) is 0 Å². The molecule has 122 valence electrons. The molecule has 0 aliphatic carbocycles. The molecule has 0 saturated carbocycles. The average Bonchev–Trinajstić information content (AvgIpc) is 2.65. The number of ether oxygens (including phenoxy) is 1. The molecule has 0 aromatic heterocycles. The molecule has 2 heteroatoms. The third kappa shape index (κ3) is 4.53. The van der Waals surface area contributed by atoms with Crippen molar-refractivity contribution < 1.29 is 4.74 Å². The van der Waals surface area contributed by atoms with E-state index in [9.17, 15) is 0 Å². The van der Waals surface area contributed by atoms with Crippen LogP contribution in [0, 0.1) is 0 Å². The van der Waals surface area contributed by atoms with E-state index in [1.165, 1.54) is 14.7 Å². The van der Waals surface area contributed by atoms with E-state index in [0.29, 0.717) is 0 Å². The van der Waals surface area contributed by atoms with Gasteiger partial charge in [-0.15, -0.1) is 6.58 Å². The predicted octanol–water partition coefficient (Wildman–Crippen LogP) is 5.98. The van der Waals surface area contributed by atoms with E-state index < -0.39 is 0 Å². The summed E-state index contributed by atoms with van der Waals surface area (Å²) in [6, 6.07) is 29.5. The number of hydrogen-bond donors (Lipinski definition) is 0. The molecule has 24 heavy (non-hydrogen) atoms. The van der Waals surface area contributed by atoms with Gasteiger partial charge in [-0.05, 0) is 43.3 Å². The van der Waals surface area contributed by atoms with Gasteiger partial charge in [0.1, 0.15) is 10.9 Å². The summed E-state index contributed by atoms with van der Waals surface area (Å²) >= 11 is 0. The molecule has 0 radical (unpaired) electrons. The van der Waals surface area contributed by atoms with Gasteiger partial charge < -0.3 is 4.74 Å². The molecule has 0 bridgehead atoms. The Kier molecular flexibility index (Phi) is 7.19. The van der Waals surface area contributed by atoms with Crippen molar-refractivity contribution in [3.05, 3.63) is 97.6 Å². The highest BCUT2D eigenvalue weighted by atomic mass is 32.2. The van der Waals surface area contributed by atoms with Gasteiger partial charge in [-0.25, -0.2) is 0 Å². The zero-order valence-corrected chi connectivity index (χ0v) is 15.0. The SMILES string of the molecule is C=CC.COc1ccccc1[S+](c1ccccc1)c1ccccc1. The lowest BCUT2D eigenvalue weighted by Gasteiger charge is -2.10. The van der Waals surface area contributed by atoms with Gasteiger partial charge >= 0.3 is 0 Å². The van der Waals surface area contributed by atoms with Crippen LogP contribution >= 0.6 is 0 Å². The lowest BCUT2D eigenvalue weighted by atomic mass is 10.3. The summed E-state index contributed by atoms with van der Waals surface area (Å²) in [7, 11) is 1.58. The average molecular weight is 335 g/mol. The third-order valence-electron chi connectivity index (χ3n) is 3.25. The minimum atomic E-state index is -0.151. The van der Waals surface area contributed by atoms with Crippen LogP contribution in [0.5, 0.6) is 5.75 Å². The molecule has 0 unspecified atom stereocenters. The van der Waals surface area contributed by atoms with Crippen molar-refractivity contribution in [2.24, 2.45) is 0 Å². The first kappa shape index (κ1) is 17.9. The Morgan fingerprint density at radius 1 is 0.750 bits per heavy atom. The van der Waals surface area contributed by atoms with Crippen molar-refractivity contribution in [3.8, 4) is 5.75 Å². The molecule has 0 N–H and O–H groups in total. The monoisotopic (exact) mass is 335 g/mol. The van der Waals surface area contributed by atoms with Crippen LogP contribution in [0.3, 0.4) is 0 Å². The standard InChI is InChI=1S/C19H17OS.C3H6/c1-20-18-14-8-9-15-19(18)21(16-10-4-2-5-11-16)17-12-6-3-7-13-17;1-3-2/h2-15H,1H3;3H,1H2,2H3/q+1;. The molecular weight excluding hydrogens is 312 g/mol. The summed E-state index contributed by atoms with van der Waals surface area (Å²) in [6.45, 7) is 5.25. The van der Waals surface area contributed by atoms with Crippen LogP contribution in [0.25, 0.3) is 0 Å². The molecule has 3 aromatic carbocycles. The second-order valence-electron chi connectivity index (χ2n) is 4.99. The van der Waals surface area contributed by atoms with E-state index in [2.05, 4.69) is 79.4 Å². The van der Waals surface area contributed by atoms with Gasteiger partial charge in [0.2, 0.25) is 4.90 Å². The number of benzene rings is 3. The Labute approximate surface area is 148 Å². The van der Waals surface area contributed by atoms with Crippen molar-refractivity contribution >= 4 is 10.9 Å². The van der Waals surface area contributed by atoms with Gasteiger partial charge in [-0.1, -0.05) is 54.6 Å². The lowest BCUT2D eigenvalue weighted by Crippen LogP contribution is -2.06. The van der Waals surface area contributed by atoms with E-state index in [1.807, 2.05) is 19.1 Å². The minimum absolute atomic E-state index is 0.151. The van der Waals surface area contributed by atoms with Gasteiger partial charge in [0.25, 0.3) is 0 Å². The zero-order chi connectivity index (χ0) is 17.2. The molecule has 0 spiro atoms. The zero-order valence-electron chi connectivity index (χ0n) is 14.2. The summed E-state index contributed by atoms with van der Waals surface area (Å²) in [6.07, 6.45) is 1.75. The first-order valence-corrected chi connectivity index (χ1v) is 9.08. The molecular formula is C22H23OS+. The number of methoxy groups -OCH3 is 1. The fourth-order valence-corrected chi connectivity index (χ4v) is 4.50. The quantitative estimate of drug-likeness (QED) is 0.421. The molecule has 3 rings (SSSR count). The van der Waals surface area contributed by atoms with Crippen LogP contribution in [-0.4, -0.2) is 7.11 Å². The van der Waals surface area contributed by atoms with Crippen LogP contribution in [0.4, 0.5) is 0 Å². The van der Waals surface area contributed by atoms with E-state index in [-0.39, 0.29) is 10.9 Å².